The lowest BCUT2D eigenvalue weighted by molar-refractivity contribution is 0.0939. The maximum Gasteiger partial charge on any atom is 0.255 e. The second-order valence-corrected chi connectivity index (χ2v) is 5.42. The third kappa shape index (κ3) is 3.97. The van der Waals surface area contributed by atoms with E-state index in [2.05, 4.69) is 5.32 Å². The van der Waals surface area contributed by atoms with Crippen molar-refractivity contribution >= 4 is 5.91 Å². The molecule has 2 rings (SSSR count). The summed E-state index contributed by atoms with van der Waals surface area (Å²) >= 11 is 0. The van der Waals surface area contributed by atoms with Crippen LogP contribution in [-0.4, -0.2) is 25.1 Å². The van der Waals surface area contributed by atoms with Crippen molar-refractivity contribution in [2.75, 3.05) is 13.2 Å². The van der Waals surface area contributed by atoms with Crippen molar-refractivity contribution in [1.29, 1.82) is 0 Å². The molecule has 0 atom stereocenters. The highest BCUT2D eigenvalue weighted by atomic mass is 16.5. The van der Waals surface area contributed by atoms with Gasteiger partial charge in [-0.15, -0.1) is 0 Å². The normalized spacial score (nSPS) is 22.3. The molecule has 0 aromatic heterocycles. The summed E-state index contributed by atoms with van der Waals surface area (Å²) in [6, 6.07) is 7.72. The van der Waals surface area contributed by atoms with E-state index in [-0.39, 0.29) is 5.91 Å². The van der Waals surface area contributed by atoms with E-state index in [1.54, 1.807) is 6.07 Å². The zero-order valence-corrected chi connectivity index (χ0v) is 12.1. The molecule has 0 bridgehead atoms. The highest BCUT2D eigenvalue weighted by Gasteiger charge is 2.20. The second kappa shape index (κ2) is 7.29. The van der Waals surface area contributed by atoms with E-state index in [0.717, 1.165) is 32.2 Å². The molecule has 0 unspecified atom stereocenters. The minimum atomic E-state index is -0.0519. The van der Waals surface area contributed by atoms with E-state index in [0.29, 0.717) is 29.9 Å². The number of rotatable bonds is 5. The maximum atomic E-state index is 12.2. The second-order valence-electron chi connectivity index (χ2n) is 5.42. The first-order valence-corrected chi connectivity index (χ1v) is 7.46. The van der Waals surface area contributed by atoms with Crippen LogP contribution in [0.4, 0.5) is 0 Å². The van der Waals surface area contributed by atoms with Gasteiger partial charge in [0, 0.05) is 12.6 Å². The largest absolute Gasteiger partial charge is 0.493 e. The van der Waals surface area contributed by atoms with Crippen molar-refractivity contribution in [3.8, 4) is 5.75 Å². The van der Waals surface area contributed by atoms with E-state index in [4.69, 9.17) is 10.5 Å². The lowest BCUT2D eigenvalue weighted by Gasteiger charge is -2.26. The molecule has 4 nitrogen and oxygen atoms in total. The smallest absolute Gasteiger partial charge is 0.255 e. The van der Waals surface area contributed by atoms with Crippen molar-refractivity contribution in [2.24, 2.45) is 11.7 Å². The molecule has 1 saturated carbocycles. The summed E-state index contributed by atoms with van der Waals surface area (Å²) in [5.41, 5.74) is 6.51. The Morgan fingerprint density at radius 2 is 2.00 bits per heavy atom. The monoisotopic (exact) mass is 276 g/mol. The van der Waals surface area contributed by atoms with Crippen LogP contribution in [-0.2, 0) is 0 Å². The SMILES string of the molecule is CCOc1ccccc1C(=O)NCC1CCC(N)CC1. The third-order valence-corrected chi connectivity index (χ3v) is 3.87. The predicted octanol–water partition coefficient (Wildman–Crippen LogP) is 2.33. The number of ether oxygens (including phenoxy) is 1. The standard InChI is InChI=1S/C16H24N2O2/c1-2-20-15-6-4-3-5-14(15)16(19)18-11-12-7-9-13(17)10-8-12/h3-6,12-13H,2,7-11,17H2,1H3,(H,18,19). The van der Waals surface area contributed by atoms with Crippen LogP contribution in [0.1, 0.15) is 43.0 Å². The number of para-hydroxylation sites is 1. The molecule has 1 aromatic carbocycles. The average Bonchev–Trinajstić information content (AvgIpc) is 2.47. The van der Waals surface area contributed by atoms with E-state index in [1.807, 2.05) is 25.1 Å². The van der Waals surface area contributed by atoms with Crippen LogP contribution >= 0.6 is 0 Å². The van der Waals surface area contributed by atoms with Crippen LogP contribution in [0.5, 0.6) is 5.75 Å². The van der Waals surface area contributed by atoms with Crippen LogP contribution < -0.4 is 15.8 Å². The van der Waals surface area contributed by atoms with Gasteiger partial charge < -0.3 is 15.8 Å². The fourth-order valence-corrected chi connectivity index (χ4v) is 2.66. The highest BCUT2D eigenvalue weighted by molar-refractivity contribution is 5.96. The maximum absolute atomic E-state index is 12.2. The number of amides is 1. The number of hydrogen-bond acceptors (Lipinski definition) is 3. The van der Waals surface area contributed by atoms with Crippen molar-refractivity contribution in [2.45, 2.75) is 38.6 Å². The molecule has 20 heavy (non-hydrogen) atoms. The summed E-state index contributed by atoms with van der Waals surface area (Å²) in [5, 5.41) is 3.02. The van der Waals surface area contributed by atoms with Gasteiger partial charge in [-0.1, -0.05) is 12.1 Å². The molecule has 0 radical (unpaired) electrons. The average molecular weight is 276 g/mol. The molecule has 0 saturated heterocycles. The summed E-state index contributed by atoms with van der Waals surface area (Å²) in [4.78, 5) is 12.2. The van der Waals surface area contributed by atoms with Gasteiger partial charge in [0.25, 0.3) is 5.91 Å². The molecule has 0 spiro atoms. The van der Waals surface area contributed by atoms with Gasteiger partial charge in [-0.25, -0.2) is 0 Å². The first-order valence-electron chi connectivity index (χ1n) is 7.46. The van der Waals surface area contributed by atoms with Crippen LogP contribution in [0.25, 0.3) is 0 Å². The van der Waals surface area contributed by atoms with Gasteiger partial charge in [-0.2, -0.15) is 0 Å². The fourth-order valence-electron chi connectivity index (χ4n) is 2.66. The Hall–Kier alpha value is -1.55. The molecule has 0 heterocycles. The topological polar surface area (TPSA) is 64.3 Å². The quantitative estimate of drug-likeness (QED) is 0.867. The summed E-state index contributed by atoms with van der Waals surface area (Å²) in [6.07, 6.45) is 4.34. The molecular formula is C16H24N2O2. The first kappa shape index (κ1) is 14.9. The Labute approximate surface area is 120 Å². The number of nitrogens with two attached hydrogens (primary N) is 1. The number of benzene rings is 1. The minimum Gasteiger partial charge on any atom is -0.493 e. The summed E-state index contributed by atoms with van der Waals surface area (Å²) in [7, 11) is 0. The van der Waals surface area contributed by atoms with Crippen molar-refractivity contribution in [3.05, 3.63) is 29.8 Å². The van der Waals surface area contributed by atoms with Gasteiger partial charge in [-0.05, 0) is 50.7 Å². The highest BCUT2D eigenvalue weighted by Crippen LogP contribution is 2.23. The number of nitrogens with one attached hydrogen (secondary N) is 1. The van der Waals surface area contributed by atoms with Crippen LogP contribution in [0, 0.1) is 5.92 Å². The molecule has 4 heteroatoms. The molecule has 1 amide bonds. The lowest BCUT2D eigenvalue weighted by atomic mass is 9.86. The first-order chi connectivity index (χ1) is 9.70. The van der Waals surface area contributed by atoms with E-state index < -0.39 is 0 Å². The molecule has 1 aliphatic rings. The zero-order valence-electron chi connectivity index (χ0n) is 12.1. The zero-order chi connectivity index (χ0) is 14.4. The molecule has 1 fully saturated rings. The van der Waals surface area contributed by atoms with Crippen LogP contribution in [0.3, 0.4) is 0 Å². The van der Waals surface area contributed by atoms with Crippen molar-refractivity contribution in [1.82, 2.24) is 5.32 Å². The van der Waals surface area contributed by atoms with Gasteiger partial charge in [0.15, 0.2) is 0 Å². The lowest BCUT2D eigenvalue weighted by Crippen LogP contribution is -2.34. The van der Waals surface area contributed by atoms with E-state index in [1.165, 1.54) is 0 Å². The summed E-state index contributed by atoms with van der Waals surface area (Å²) < 4.78 is 5.49. The molecule has 1 aromatic rings. The Morgan fingerprint density at radius 1 is 1.30 bits per heavy atom. The molecule has 1 aliphatic carbocycles. The Kier molecular flexibility index (Phi) is 5.41. The van der Waals surface area contributed by atoms with E-state index in [9.17, 15) is 4.79 Å². The van der Waals surface area contributed by atoms with E-state index >= 15 is 0 Å². The Bertz CT molecular complexity index is 440. The Morgan fingerprint density at radius 3 is 2.70 bits per heavy atom. The van der Waals surface area contributed by atoms with Crippen LogP contribution in [0.15, 0.2) is 24.3 Å². The number of hydrogen-bond donors (Lipinski definition) is 2. The van der Waals surface area contributed by atoms with Gasteiger partial charge >= 0.3 is 0 Å². The van der Waals surface area contributed by atoms with Gasteiger partial charge in [0.2, 0.25) is 0 Å². The third-order valence-electron chi connectivity index (χ3n) is 3.87. The van der Waals surface area contributed by atoms with Crippen molar-refractivity contribution in [3.63, 3.8) is 0 Å². The summed E-state index contributed by atoms with van der Waals surface area (Å²) in [6.45, 7) is 3.21. The molecular weight excluding hydrogens is 252 g/mol. The Balaban J connectivity index is 1.88. The number of carbonyl (C=O) groups excluding carboxylic acids is 1. The number of carbonyl (C=O) groups is 1. The van der Waals surface area contributed by atoms with Crippen molar-refractivity contribution < 1.29 is 9.53 Å². The molecule has 0 aliphatic heterocycles. The van der Waals surface area contributed by atoms with Gasteiger partial charge in [-0.3, -0.25) is 4.79 Å². The van der Waals surface area contributed by atoms with Gasteiger partial charge in [0.1, 0.15) is 5.75 Å². The van der Waals surface area contributed by atoms with Gasteiger partial charge in [0.05, 0.1) is 12.2 Å². The summed E-state index contributed by atoms with van der Waals surface area (Å²) in [5.74, 6) is 1.15. The molecule has 110 valence electrons. The van der Waals surface area contributed by atoms with Crippen LogP contribution in [0.2, 0.25) is 0 Å². The predicted molar refractivity (Wildman–Crippen MR) is 79.9 cm³/mol. The fraction of sp³-hybridized carbons (Fsp3) is 0.562. The molecule has 3 N–H and O–H groups in total. The minimum absolute atomic E-state index is 0.0519.